The Balaban J connectivity index is 1.55. The Labute approximate surface area is 213 Å². The highest BCUT2D eigenvalue weighted by Crippen LogP contribution is 2.38. The largest absolute Gasteiger partial charge is 0.385 e. The van der Waals surface area contributed by atoms with Gasteiger partial charge in [0.25, 0.3) is 0 Å². The minimum absolute atomic E-state index is 0.407. The number of methoxy groups -OCH3 is 1. The number of ether oxygens (including phenoxy) is 2. The average molecular weight is 515 g/mol. The molecular formula is C25H38N6O2SSi. The number of nitrogens with zero attached hydrogens (tertiary/aromatic N) is 5. The fraction of sp³-hybridized carbons (Fsp3) is 0.600. The summed E-state index contributed by atoms with van der Waals surface area (Å²) in [7, 11) is 0.552. The van der Waals surface area contributed by atoms with E-state index in [2.05, 4.69) is 45.0 Å². The van der Waals surface area contributed by atoms with Crippen LogP contribution in [0.3, 0.4) is 0 Å². The van der Waals surface area contributed by atoms with Crippen LogP contribution in [-0.4, -0.2) is 61.8 Å². The van der Waals surface area contributed by atoms with Crippen molar-refractivity contribution in [2.45, 2.75) is 63.7 Å². The van der Waals surface area contributed by atoms with E-state index in [0.717, 1.165) is 64.9 Å². The van der Waals surface area contributed by atoms with Crippen molar-refractivity contribution in [3.63, 3.8) is 0 Å². The van der Waals surface area contributed by atoms with Crippen LogP contribution in [0.1, 0.15) is 43.0 Å². The summed E-state index contributed by atoms with van der Waals surface area (Å²) in [5.41, 5.74) is 2.65. The van der Waals surface area contributed by atoms with E-state index in [1.54, 1.807) is 18.4 Å². The summed E-state index contributed by atoms with van der Waals surface area (Å²) in [5.74, 6) is 1.34. The number of anilines is 3. The van der Waals surface area contributed by atoms with Crippen molar-refractivity contribution in [1.29, 1.82) is 0 Å². The molecule has 3 heterocycles. The maximum absolute atomic E-state index is 6.15. The van der Waals surface area contributed by atoms with E-state index < -0.39 is 8.07 Å². The van der Waals surface area contributed by atoms with Crippen molar-refractivity contribution in [3.05, 3.63) is 29.4 Å². The molecule has 3 aromatic heterocycles. The molecule has 0 radical (unpaired) electrons. The lowest BCUT2D eigenvalue weighted by molar-refractivity contribution is 0.153. The molecule has 1 N–H and O–H groups in total. The number of rotatable bonds is 13. The smallest absolute Gasteiger partial charge is 0.215 e. The molecule has 0 bridgehead atoms. The Hall–Kier alpha value is -2.14. The molecule has 0 saturated heterocycles. The first kappa shape index (κ1) is 25.9. The first-order chi connectivity index (χ1) is 16.9. The van der Waals surface area contributed by atoms with Gasteiger partial charge in [-0.05, 0) is 43.5 Å². The van der Waals surface area contributed by atoms with Gasteiger partial charge in [-0.1, -0.05) is 43.8 Å². The average Bonchev–Trinajstić information content (AvgIpc) is 3.53. The molecule has 8 nitrogen and oxygen atoms in total. The van der Waals surface area contributed by atoms with Gasteiger partial charge in [-0.25, -0.2) is 4.98 Å². The zero-order valence-corrected chi connectivity index (χ0v) is 23.2. The molecule has 1 aliphatic carbocycles. The van der Waals surface area contributed by atoms with Crippen LogP contribution in [0.25, 0.3) is 11.0 Å². The summed E-state index contributed by atoms with van der Waals surface area (Å²) in [6, 6.07) is 7.18. The van der Waals surface area contributed by atoms with Gasteiger partial charge in [0.05, 0.1) is 22.9 Å². The molecule has 0 aromatic carbocycles. The molecular weight excluding hydrogens is 476 g/mol. The standard InChI is InChI=1S/C25H38N6O2SSi/c1-32-13-7-12-26-20-16-22-21(27-17-20)10-11-23(28-22)31(18-33-14-15-35(2,3)4)25-30-29-24(34-25)19-8-5-6-9-19/h10-11,16-17,19,26H,5-9,12-15,18H2,1-4H3. The number of hydrogen-bond acceptors (Lipinski definition) is 9. The molecule has 1 saturated carbocycles. The minimum atomic E-state index is -1.17. The van der Waals surface area contributed by atoms with Gasteiger partial charge in [-0.2, -0.15) is 0 Å². The summed E-state index contributed by atoms with van der Waals surface area (Å²) in [4.78, 5) is 11.6. The first-order valence-corrected chi connectivity index (χ1v) is 17.1. The quantitative estimate of drug-likeness (QED) is 0.168. The Morgan fingerprint density at radius 1 is 1.11 bits per heavy atom. The summed E-state index contributed by atoms with van der Waals surface area (Å²) < 4.78 is 11.3. The molecule has 1 aliphatic rings. The zero-order valence-electron chi connectivity index (χ0n) is 21.4. The van der Waals surface area contributed by atoms with Gasteiger partial charge in [0, 0.05) is 40.9 Å². The number of aromatic nitrogens is 4. The fourth-order valence-corrected chi connectivity index (χ4v) is 5.88. The van der Waals surface area contributed by atoms with Gasteiger partial charge in [-0.3, -0.25) is 9.88 Å². The maximum atomic E-state index is 6.15. The van der Waals surface area contributed by atoms with Crippen LogP contribution >= 0.6 is 11.3 Å². The molecule has 190 valence electrons. The Morgan fingerprint density at radius 2 is 1.94 bits per heavy atom. The zero-order chi connectivity index (χ0) is 24.7. The van der Waals surface area contributed by atoms with Crippen molar-refractivity contribution < 1.29 is 9.47 Å². The molecule has 0 unspecified atom stereocenters. The summed E-state index contributed by atoms with van der Waals surface area (Å²) >= 11 is 1.67. The van der Waals surface area contributed by atoms with E-state index in [1.807, 2.05) is 24.4 Å². The van der Waals surface area contributed by atoms with Crippen molar-refractivity contribution >= 4 is 47.1 Å². The lowest BCUT2D eigenvalue weighted by atomic mass is 10.1. The fourth-order valence-electron chi connectivity index (χ4n) is 4.12. The van der Waals surface area contributed by atoms with Crippen molar-refractivity contribution in [2.75, 3.05) is 43.8 Å². The minimum Gasteiger partial charge on any atom is -0.385 e. The maximum Gasteiger partial charge on any atom is 0.215 e. The summed E-state index contributed by atoms with van der Waals surface area (Å²) in [6.45, 7) is 9.80. The van der Waals surface area contributed by atoms with Crippen LogP contribution in [0.5, 0.6) is 0 Å². The van der Waals surface area contributed by atoms with Crippen LogP contribution in [0.4, 0.5) is 16.6 Å². The molecule has 0 spiro atoms. The second kappa shape index (κ2) is 12.2. The highest BCUT2D eigenvalue weighted by molar-refractivity contribution is 7.15. The molecule has 0 aliphatic heterocycles. The molecule has 10 heteroatoms. The molecule has 0 atom stereocenters. The highest BCUT2D eigenvalue weighted by atomic mass is 32.1. The van der Waals surface area contributed by atoms with Crippen LogP contribution in [0.15, 0.2) is 24.4 Å². The van der Waals surface area contributed by atoms with E-state index in [-0.39, 0.29) is 0 Å². The molecule has 1 fully saturated rings. The van der Waals surface area contributed by atoms with Gasteiger partial charge in [-0.15, -0.1) is 10.2 Å². The number of nitrogens with one attached hydrogen (secondary N) is 1. The first-order valence-electron chi connectivity index (χ1n) is 12.6. The Morgan fingerprint density at radius 3 is 2.71 bits per heavy atom. The predicted molar refractivity (Wildman–Crippen MR) is 147 cm³/mol. The Kier molecular flexibility index (Phi) is 9.04. The number of hydrogen-bond donors (Lipinski definition) is 1. The number of pyridine rings is 2. The second-order valence-corrected chi connectivity index (χ2v) is 17.0. The molecule has 3 aromatic rings. The monoisotopic (exact) mass is 514 g/mol. The number of fused-ring (bicyclic) bond motifs is 1. The normalized spacial score (nSPS) is 14.6. The van der Waals surface area contributed by atoms with Gasteiger partial charge < -0.3 is 14.8 Å². The van der Waals surface area contributed by atoms with E-state index in [9.17, 15) is 0 Å². The topological polar surface area (TPSA) is 85.3 Å². The van der Waals surface area contributed by atoms with E-state index in [0.29, 0.717) is 12.6 Å². The predicted octanol–water partition coefficient (Wildman–Crippen LogP) is 6.04. The van der Waals surface area contributed by atoms with Crippen LogP contribution in [0.2, 0.25) is 25.7 Å². The van der Waals surface area contributed by atoms with Crippen molar-refractivity contribution in [1.82, 2.24) is 20.2 Å². The third-order valence-electron chi connectivity index (χ3n) is 6.24. The van der Waals surface area contributed by atoms with Crippen molar-refractivity contribution in [3.8, 4) is 0 Å². The third-order valence-corrected chi connectivity index (χ3v) is 9.05. The summed E-state index contributed by atoms with van der Waals surface area (Å²) in [6.07, 6.45) is 7.77. The van der Waals surface area contributed by atoms with Gasteiger partial charge in [0.15, 0.2) is 0 Å². The highest BCUT2D eigenvalue weighted by Gasteiger charge is 2.24. The van der Waals surface area contributed by atoms with E-state index in [4.69, 9.17) is 14.5 Å². The lowest BCUT2D eigenvalue weighted by Crippen LogP contribution is -2.26. The van der Waals surface area contributed by atoms with Crippen molar-refractivity contribution in [2.24, 2.45) is 0 Å². The van der Waals surface area contributed by atoms with Gasteiger partial charge in [0.2, 0.25) is 5.13 Å². The second-order valence-electron chi connectivity index (χ2n) is 10.4. The van der Waals surface area contributed by atoms with E-state index >= 15 is 0 Å². The van der Waals surface area contributed by atoms with Crippen LogP contribution < -0.4 is 10.2 Å². The van der Waals surface area contributed by atoms with Gasteiger partial charge in [0.1, 0.15) is 17.6 Å². The summed E-state index contributed by atoms with van der Waals surface area (Å²) in [5, 5.41) is 14.5. The van der Waals surface area contributed by atoms with E-state index in [1.165, 1.54) is 25.7 Å². The molecule has 0 amide bonds. The SMILES string of the molecule is COCCCNc1cnc2ccc(N(COCC[Si](C)(C)C)c3nnc(C4CCCC4)s3)nc2c1. The van der Waals surface area contributed by atoms with Crippen LogP contribution in [0, 0.1) is 0 Å². The van der Waals surface area contributed by atoms with Gasteiger partial charge >= 0.3 is 0 Å². The molecule has 4 rings (SSSR count). The molecule has 35 heavy (non-hydrogen) atoms. The third kappa shape index (κ3) is 7.42. The lowest BCUT2D eigenvalue weighted by Gasteiger charge is -2.22. The van der Waals surface area contributed by atoms with Crippen LogP contribution in [-0.2, 0) is 9.47 Å². The Bertz CT molecular complexity index is 1080.